The van der Waals surface area contributed by atoms with Gasteiger partial charge in [-0.1, -0.05) is 164 Å². The van der Waals surface area contributed by atoms with E-state index >= 15 is 0 Å². The molecule has 3 aromatic heterocycles. The molecule has 3 heterocycles. The summed E-state index contributed by atoms with van der Waals surface area (Å²) in [5.74, 6) is 0. The molecule has 4 heteroatoms. The summed E-state index contributed by atoms with van der Waals surface area (Å²) in [5.41, 5.74) is 11.2. The average molecular weight is 747 g/mol. The number of fused-ring (bicyclic) bond motifs is 12. The van der Waals surface area contributed by atoms with Crippen LogP contribution in [0.15, 0.2) is 182 Å². The monoisotopic (exact) mass is 746 g/mol. The predicted molar refractivity (Wildman–Crippen MR) is 242 cm³/mol. The number of hydrogen-bond donors (Lipinski definition) is 0. The fourth-order valence-electron chi connectivity index (χ4n) is 8.68. The number of hydrogen-bond acceptors (Lipinski definition) is 4. The molecule has 0 saturated heterocycles. The Kier molecular flexibility index (Phi) is 7.00. The summed E-state index contributed by atoms with van der Waals surface area (Å²) in [7, 11) is 0. The third-order valence-electron chi connectivity index (χ3n) is 11.3. The number of nitrogens with zero attached hydrogens (tertiary/aromatic N) is 2. The van der Waals surface area contributed by atoms with Gasteiger partial charge in [-0.15, -0.1) is 22.7 Å². The van der Waals surface area contributed by atoms with Crippen LogP contribution in [0.5, 0.6) is 0 Å². The number of aromatic nitrogens is 2. The van der Waals surface area contributed by atoms with E-state index in [0.29, 0.717) is 0 Å². The molecule has 0 N–H and O–H groups in total. The highest BCUT2D eigenvalue weighted by Crippen LogP contribution is 2.47. The van der Waals surface area contributed by atoms with Gasteiger partial charge in [0, 0.05) is 67.8 Å². The Morgan fingerprint density at radius 3 is 1.54 bits per heavy atom. The van der Waals surface area contributed by atoms with Crippen LogP contribution >= 0.6 is 22.7 Å². The minimum Gasteiger partial charge on any atom is -0.252 e. The third kappa shape index (κ3) is 4.80. The van der Waals surface area contributed by atoms with E-state index in [0.717, 1.165) is 38.6 Å². The van der Waals surface area contributed by atoms with E-state index in [2.05, 4.69) is 176 Å². The molecule has 0 amide bonds. The van der Waals surface area contributed by atoms with Gasteiger partial charge in [-0.05, 0) is 45.2 Å². The van der Waals surface area contributed by atoms with Crippen molar-refractivity contribution < 1.29 is 0 Å². The highest BCUT2D eigenvalue weighted by Gasteiger charge is 2.17. The standard InChI is InChI=1S/C52H30N2S2/c1-3-16-39-36(13-1)37-14-2-4-17-40(37)49-48(39)53-30-46(54-49)34-12-7-11-33(29-34)31-25-27-32(28-26-31)35-18-8-20-42-44-22-10-23-45(52(44)56-50(35)42)43-21-9-19-41-38-15-5-6-24-47(38)55-51(41)43/h1-30H. The maximum atomic E-state index is 5.25. The van der Waals surface area contributed by atoms with E-state index in [4.69, 9.17) is 9.97 Å². The molecule has 0 saturated carbocycles. The van der Waals surface area contributed by atoms with E-state index < -0.39 is 0 Å². The Morgan fingerprint density at radius 2 is 0.821 bits per heavy atom. The maximum absolute atomic E-state index is 5.25. The topological polar surface area (TPSA) is 25.8 Å². The molecule has 0 fully saturated rings. The fourth-order valence-corrected chi connectivity index (χ4v) is 11.3. The molecule has 260 valence electrons. The number of thiophene rings is 2. The van der Waals surface area contributed by atoms with Crippen molar-refractivity contribution in [3.63, 3.8) is 0 Å². The van der Waals surface area contributed by atoms with Crippen LogP contribution in [0.25, 0.3) is 118 Å². The Bertz CT molecular complexity index is 3500. The van der Waals surface area contributed by atoms with E-state index in [1.165, 1.54) is 78.9 Å². The van der Waals surface area contributed by atoms with Gasteiger partial charge in [0.2, 0.25) is 0 Å². The molecule has 0 spiro atoms. The molecule has 2 nitrogen and oxygen atoms in total. The molecular formula is C52H30N2S2. The molecule has 12 aromatic rings. The minimum atomic E-state index is 0.871. The normalized spacial score (nSPS) is 11.9. The van der Waals surface area contributed by atoms with Crippen molar-refractivity contribution in [1.82, 2.24) is 9.97 Å². The van der Waals surface area contributed by atoms with Crippen LogP contribution in [-0.4, -0.2) is 9.97 Å². The van der Waals surface area contributed by atoms with E-state index in [-0.39, 0.29) is 0 Å². The van der Waals surface area contributed by atoms with Gasteiger partial charge < -0.3 is 0 Å². The SMILES string of the molecule is c1cc(-c2ccc(-c3cccc4c3sc3c(-c5cccc6c5sc5ccccc56)cccc34)cc2)cc(-c2cnc3c4ccccc4c4ccccc4c3n2)c1. The van der Waals surface area contributed by atoms with Gasteiger partial charge in [0.15, 0.2) is 0 Å². The Hall–Kier alpha value is -6.72. The highest BCUT2D eigenvalue weighted by molar-refractivity contribution is 7.27. The van der Waals surface area contributed by atoms with Crippen LogP contribution in [0.3, 0.4) is 0 Å². The van der Waals surface area contributed by atoms with Crippen LogP contribution in [0.2, 0.25) is 0 Å². The lowest BCUT2D eigenvalue weighted by Crippen LogP contribution is -1.92. The molecule has 0 aliphatic rings. The van der Waals surface area contributed by atoms with Crippen LogP contribution in [-0.2, 0) is 0 Å². The van der Waals surface area contributed by atoms with E-state index in [1.807, 2.05) is 28.9 Å². The molecule has 0 bridgehead atoms. The van der Waals surface area contributed by atoms with Gasteiger partial charge in [0.1, 0.15) is 0 Å². The second kappa shape index (κ2) is 12.4. The van der Waals surface area contributed by atoms with Gasteiger partial charge in [0.25, 0.3) is 0 Å². The first kappa shape index (κ1) is 31.6. The van der Waals surface area contributed by atoms with Crippen molar-refractivity contribution in [2.45, 2.75) is 0 Å². The minimum absolute atomic E-state index is 0.871. The third-order valence-corrected chi connectivity index (χ3v) is 13.8. The van der Waals surface area contributed by atoms with Gasteiger partial charge in [-0.25, -0.2) is 4.98 Å². The van der Waals surface area contributed by atoms with Crippen molar-refractivity contribution >= 4 is 95.6 Å². The summed E-state index contributed by atoms with van der Waals surface area (Å²) in [6.45, 7) is 0. The molecular weight excluding hydrogens is 717 g/mol. The fraction of sp³-hybridized carbons (Fsp3) is 0. The second-order valence-electron chi connectivity index (χ2n) is 14.4. The summed E-state index contributed by atoms with van der Waals surface area (Å²) in [6.07, 6.45) is 1.92. The van der Waals surface area contributed by atoms with Crippen molar-refractivity contribution in [3.8, 4) is 44.6 Å². The summed E-state index contributed by atoms with van der Waals surface area (Å²) >= 11 is 3.81. The number of rotatable bonds is 4. The molecule has 0 radical (unpaired) electrons. The Labute approximate surface area is 330 Å². The van der Waals surface area contributed by atoms with Crippen molar-refractivity contribution in [2.75, 3.05) is 0 Å². The van der Waals surface area contributed by atoms with E-state index in [1.54, 1.807) is 0 Å². The lowest BCUT2D eigenvalue weighted by atomic mass is 9.97. The average Bonchev–Trinajstić information content (AvgIpc) is 3.86. The van der Waals surface area contributed by atoms with Crippen LogP contribution in [0.1, 0.15) is 0 Å². The lowest BCUT2D eigenvalue weighted by Gasteiger charge is -2.11. The zero-order valence-corrected chi connectivity index (χ0v) is 31.7. The van der Waals surface area contributed by atoms with Gasteiger partial charge >= 0.3 is 0 Å². The smallest absolute Gasteiger partial charge is 0.0979 e. The Balaban J connectivity index is 0.925. The summed E-state index contributed by atoms with van der Waals surface area (Å²) in [4.78, 5) is 10.3. The lowest BCUT2D eigenvalue weighted by molar-refractivity contribution is 1.31. The molecule has 12 rings (SSSR count). The molecule has 0 atom stereocenters. The summed E-state index contributed by atoms with van der Waals surface area (Å²) in [6, 6.07) is 63.8. The summed E-state index contributed by atoms with van der Waals surface area (Å²) in [5, 5.41) is 9.95. The predicted octanol–water partition coefficient (Wildman–Crippen LogP) is 15.3. The maximum Gasteiger partial charge on any atom is 0.0979 e. The van der Waals surface area contributed by atoms with Crippen molar-refractivity contribution in [3.05, 3.63) is 182 Å². The number of benzene rings is 9. The molecule has 56 heavy (non-hydrogen) atoms. The zero-order valence-electron chi connectivity index (χ0n) is 30.0. The van der Waals surface area contributed by atoms with Crippen LogP contribution in [0.4, 0.5) is 0 Å². The largest absolute Gasteiger partial charge is 0.252 e. The Morgan fingerprint density at radius 1 is 0.321 bits per heavy atom. The second-order valence-corrected chi connectivity index (χ2v) is 16.5. The van der Waals surface area contributed by atoms with Crippen LogP contribution < -0.4 is 0 Å². The molecule has 0 aliphatic heterocycles. The van der Waals surface area contributed by atoms with Crippen LogP contribution in [0, 0.1) is 0 Å². The van der Waals surface area contributed by atoms with E-state index in [9.17, 15) is 0 Å². The molecule has 9 aromatic carbocycles. The molecule has 0 unspecified atom stereocenters. The first-order valence-electron chi connectivity index (χ1n) is 18.9. The molecule has 0 aliphatic carbocycles. The first-order chi connectivity index (χ1) is 27.8. The zero-order chi connectivity index (χ0) is 36.7. The van der Waals surface area contributed by atoms with Gasteiger partial charge in [-0.3, -0.25) is 4.98 Å². The van der Waals surface area contributed by atoms with Crippen molar-refractivity contribution in [2.24, 2.45) is 0 Å². The quantitative estimate of drug-likeness (QED) is 0.168. The van der Waals surface area contributed by atoms with Crippen molar-refractivity contribution in [1.29, 1.82) is 0 Å². The van der Waals surface area contributed by atoms with Gasteiger partial charge in [0.05, 0.1) is 22.9 Å². The highest BCUT2D eigenvalue weighted by atomic mass is 32.1. The summed E-state index contributed by atoms with van der Waals surface area (Å²) < 4.78 is 5.35. The first-order valence-corrected chi connectivity index (χ1v) is 20.5. The van der Waals surface area contributed by atoms with Gasteiger partial charge in [-0.2, -0.15) is 0 Å².